The molecule has 1 atom stereocenters. The Bertz CT molecular complexity index is 1200. The second-order valence-corrected chi connectivity index (χ2v) is 9.94. The van der Waals surface area contributed by atoms with Gasteiger partial charge in [0.25, 0.3) is 5.91 Å². The van der Waals surface area contributed by atoms with Crippen molar-refractivity contribution in [3.63, 3.8) is 0 Å². The molecule has 1 unspecified atom stereocenters. The van der Waals surface area contributed by atoms with Gasteiger partial charge in [-0.1, -0.05) is 51.1 Å². The third kappa shape index (κ3) is 5.22. The minimum absolute atomic E-state index is 0.131. The van der Waals surface area contributed by atoms with Gasteiger partial charge in [-0.25, -0.2) is 4.79 Å². The van der Waals surface area contributed by atoms with Gasteiger partial charge < -0.3 is 14.8 Å². The molecule has 0 saturated carbocycles. The smallest absolute Gasteiger partial charge is 0.339 e. The molecule has 1 heterocycles. The summed E-state index contributed by atoms with van der Waals surface area (Å²) in [6, 6.07) is 15.1. The van der Waals surface area contributed by atoms with Crippen molar-refractivity contribution in [1.82, 2.24) is 10.3 Å². The highest BCUT2D eigenvalue weighted by Gasteiger charge is 2.33. The number of nitrogens with zero attached hydrogens (tertiary/aromatic N) is 1. The van der Waals surface area contributed by atoms with E-state index in [-0.39, 0.29) is 17.9 Å². The maximum Gasteiger partial charge on any atom is 0.339 e. The molecule has 3 aromatic rings. The fourth-order valence-corrected chi connectivity index (χ4v) is 4.56. The zero-order chi connectivity index (χ0) is 24.3. The molecule has 1 N–H and O–H groups in total. The fourth-order valence-electron chi connectivity index (χ4n) is 4.56. The predicted octanol–water partition coefficient (Wildman–Crippen LogP) is 4.87. The van der Waals surface area contributed by atoms with Crippen molar-refractivity contribution in [2.75, 3.05) is 13.7 Å². The third-order valence-electron chi connectivity index (χ3n) is 6.67. The number of ether oxygens (including phenoxy) is 2. The van der Waals surface area contributed by atoms with E-state index in [1.165, 1.54) is 0 Å². The normalized spacial score (nSPS) is 15.5. The summed E-state index contributed by atoms with van der Waals surface area (Å²) in [6.07, 6.45) is 2.67. The Morgan fingerprint density at radius 3 is 2.53 bits per heavy atom. The number of carbonyl (C=O) groups excluding carboxylic acids is 2. The highest BCUT2D eigenvalue weighted by Crippen LogP contribution is 2.39. The first-order valence-corrected chi connectivity index (χ1v) is 11.7. The molecule has 6 nitrogen and oxygen atoms in total. The van der Waals surface area contributed by atoms with E-state index in [1.807, 2.05) is 48.5 Å². The molecule has 4 rings (SSSR count). The molecule has 178 valence electrons. The van der Waals surface area contributed by atoms with Crippen molar-refractivity contribution in [3.05, 3.63) is 70.9 Å². The Kier molecular flexibility index (Phi) is 6.87. The van der Waals surface area contributed by atoms with E-state index in [1.54, 1.807) is 7.11 Å². The van der Waals surface area contributed by atoms with Crippen LogP contribution in [0.1, 0.15) is 54.4 Å². The van der Waals surface area contributed by atoms with Gasteiger partial charge in [0, 0.05) is 17.6 Å². The van der Waals surface area contributed by atoms with E-state index in [9.17, 15) is 9.59 Å². The van der Waals surface area contributed by atoms with Crippen LogP contribution in [0.15, 0.2) is 48.5 Å². The van der Waals surface area contributed by atoms with Gasteiger partial charge in [-0.3, -0.25) is 9.78 Å². The Hall–Kier alpha value is -3.41. The summed E-state index contributed by atoms with van der Waals surface area (Å²) in [5.74, 6) is 0.390. The van der Waals surface area contributed by atoms with Crippen LogP contribution >= 0.6 is 0 Å². The lowest BCUT2D eigenvalue weighted by Gasteiger charge is -2.35. The zero-order valence-electron chi connectivity index (χ0n) is 20.3. The molecule has 0 saturated heterocycles. The minimum atomic E-state index is -0.469. The van der Waals surface area contributed by atoms with Crippen LogP contribution in [0.3, 0.4) is 0 Å². The number of carbonyl (C=O) groups is 2. The zero-order valence-corrected chi connectivity index (χ0v) is 20.3. The number of hydrogen-bond donors (Lipinski definition) is 1. The topological polar surface area (TPSA) is 77.5 Å². The standard InChI is InChI=1S/C28H32N2O4/c1-28(2,3)19-11-14-24-22(15-19)26(21-7-5-6-8-23(21)30-24)27(32)34-17-25(31)29-16-18-9-12-20(33-4)13-10-18/h5-10,12-13,19H,11,14-17H2,1-4H3,(H,29,31). The number of methoxy groups -OCH3 is 1. The van der Waals surface area contributed by atoms with Crippen LogP contribution in [-0.4, -0.2) is 30.6 Å². The van der Waals surface area contributed by atoms with Crippen LogP contribution in [0.4, 0.5) is 0 Å². The van der Waals surface area contributed by atoms with Gasteiger partial charge in [0.05, 0.1) is 18.2 Å². The molecule has 2 aromatic carbocycles. The molecule has 0 spiro atoms. The summed E-state index contributed by atoms with van der Waals surface area (Å²) < 4.78 is 10.7. The largest absolute Gasteiger partial charge is 0.497 e. The van der Waals surface area contributed by atoms with Gasteiger partial charge in [-0.15, -0.1) is 0 Å². The molecule has 1 aromatic heterocycles. The van der Waals surface area contributed by atoms with E-state index in [4.69, 9.17) is 14.5 Å². The van der Waals surface area contributed by atoms with E-state index < -0.39 is 5.97 Å². The number of esters is 1. The first-order valence-electron chi connectivity index (χ1n) is 11.7. The van der Waals surface area contributed by atoms with E-state index in [2.05, 4.69) is 26.1 Å². The number of aryl methyl sites for hydroxylation is 1. The Balaban J connectivity index is 1.49. The van der Waals surface area contributed by atoms with Gasteiger partial charge in [0.2, 0.25) is 0 Å². The SMILES string of the molecule is COc1ccc(CNC(=O)COC(=O)c2c3c(nc4ccccc24)CCC(C(C)(C)C)C3)cc1. The fraction of sp³-hybridized carbons (Fsp3) is 0.393. The number of nitrogens with one attached hydrogen (secondary N) is 1. The minimum Gasteiger partial charge on any atom is -0.497 e. The number of aromatic nitrogens is 1. The van der Waals surface area contributed by atoms with E-state index >= 15 is 0 Å². The number of fused-ring (bicyclic) bond motifs is 2. The number of amides is 1. The van der Waals surface area contributed by atoms with Crippen molar-refractivity contribution in [1.29, 1.82) is 0 Å². The van der Waals surface area contributed by atoms with Gasteiger partial charge in [-0.2, -0.15) is 0 Å². The van der Waals surface area contributed by atoms with Gasteiger partial charge in [-0.05, 0) is 59.9 Å². The number of rotatable bonds is 6. The average Bonchev–Trinajstić information content (AvgIpc) is 2.83. The summed E-state index contributed by atoms with van der Waals surface area (Å²) in [5.41, 5.74) is 4.33. The lowest BCUT2D eigenvalue weighted by Crippen LogP contribution is -2.30. The average molecular weight is 461 g/mol. The molecule has 0 aliphatic heterocycles. The molecule has 6 heteroatoms. The summed E-state index contributed by atoms with van der Waals surface area (Å²) in [5, 5.41) is 3.58. The van der Waals surface area contributed by atoms with Crippen LogP contribution in [0, 0.1) is 11.3 Å². The molecule has 0 bridgehead atoms. The summed E-state index contributed by atoms with van der Waals surface area (Å²) in [6.45, 7) is 6.73. The number of benzene rings is 2. The highest BCUT2D eigenvalue weighted by molar-refractivity contribution is 6.05. The maximum absolute atomic E-state index is 13.3. The summed E-state index contributed by atoms with van der Waals surface area (Å²) >= 11 is 0. The monoisotopic (exact) mass is 460 g/mol. The van der Waals surface area contributed by atoms with Gasteiger partial charge in [0.1, 0.15) is 5.75 Å². The van der Waals surface area contributed by atoms with Crippen LogP contribution in [-0.2, 0) is 28.9 Å². The van der Waals surface area contributed by atoms with Crippen molar-refractivity contribution in [2.24, 2.45) is 11.3 Å². The third-order valence-corrected chi connectivity index (χ3v) is 6.67. The molecule has 1 amide bonds. The number of hydrogen-bond acceptors (Lipinski definition) is 5. The first kappa shape index (κ1) is 23.7. The predicted molar refractivity (Wildman–Crippen MR) is 132 cm³/mol. The van der Waals surface area contributed by atoms with Crippen molar-refractivity contribution >= 4 is 22.8 Å². The molecule has 1 aliphatic carbocycles. The van der Waals surface area contributed by atoms with Crippen molar-refractivity contribution in [2.45, 2.75) is 46.6 Å². The second kappa shape index (κ2) is 9.84. The molecular formula is C28H32N2O4. The lowest BCUT2D eigenvalue weighted by atomic mass is 9.70. The Morgan fingerprint density at radius 2 is 1.82 bits per heavy atom. The van der Waals surface area contributed by atoms with Crippen LogP contribution in [0.5, 0.6) is 5.75 Å². The number of pyridine rings is 1. The molecule has 0 radical (unpaired) electrons. The molecule has 34 heavy (non-hydrogen) atoms. The molecule has 1 aliphatic rings. The van der Waals surface area contributed by atoms with Crippen LogP contribution in [0.2, 0.25) is 0 Å². The van der Waals surface area contributed by atoms with Crippen LogP contribution in [0.25, 0.3) is 10.9 Å². The lowest BCUT2D eigenvalue weighted by molar-refractivity contribution is -0.124. The van der Waals surface area contributed by atoms with Crippen molar-refractivity contribution < 1.29 is 19.1 Å². The Labute approximate surface area is 200 Å². The van der Waals surface area contributed by atoms with Gasteiger partial charge in [0.15, 0.2) is 6.61 Å². The Morgan fingerprint density at radius 1 is 1.09 bits per heavy atom. The van der Waals surface area contributed by atoms with E-state index in [0.29, 0.717) is 18.0 Å². The summed E-state index contributed by atoms with van der Waals surface area (Å²) in [7, 11) is 1.61. The maximum atomic E-state index is 13.3. The molecular weight excluding hydrogens is 428 g/mol. The first-order chi connectivity index (χ1) is 16.3. The molecule has 0 fully saturated rings. The van der Waals surface area contributed by atoms with Crippen molar-refractivity contribution in [3.8, 4) is 5.75 Å². The second-order valence-electron chi connectivity index (χ2n) is 9.94. The summed E-state index contributed by atoms with van der Waals surface area (Å²) in [4.78, 5) is 30.5. The van der Waals surface area contributed by atoms with E-state index in [0.717, 1.165) is 52.7 Å². The van der Waals surface area contributed by atoms with Gasteiger partial charge >= 0.3 is 5.97 Å². The quantitative estimate of drug-likeness (QED) is 0.531. The van der Waals surface area contributed by atoms with Crippen LogP contribution < -0.4 is 10.1 Å². The highest BCUT2D eigenvalue weighted by atomic mass is 16.5. The number of para-hydroxylation sites is 1.